The second kappa shape index (κ2) is 7.21. The third-order valence-corrected chi connectivity index (χ3v) is 6.37. The zero-order valence-corrected chi connectivity index (χ0v) is 16.3. The fourth-order valence-corrected chi connectivity index (χ4v) is 4.62. The topological polar surface area (TPSA) is 86.5 Å². The number of amides is 1. The van der Waals surface area contributed by atoms with Gasteiger partial charge in [0.15, 0.2) is 0 Å². The van der Waals surface area contributed by atoms with Crippen LogP contribution >= 0.6 is 11.6 Å². The lowest BCUT2D eigenvalue weighted by Crippen LogP contribution is -2.40. The number of hydrogen-bond acceptors (Lipinski definition) is 4. The van der Waals surface area contributed by atoms with Crippen molar-refractivity contribution in [3.8, 4) is 5.75 Å². The molecular formula is C20H18ClNO4S. The highest BCUT2D eigenvalue weighted by atomic mass is 35.5. The molecule has 3 aromatic carbocycles. The van der Waals surface area contributed by atoms with Gasteiger partial charge < -0.3 is 10.5 Å². The molecule has 1 atom stereocenters. The molecule has 2 N–H and O–H groups in total. The van der Waals surface area contributed by atoms with Crippen molar-refractivity contribution in [2.24, 2.45) is 5.73 Å². The number of rotatable bonds is 5. The first kappa shape index (κ1) is 19.2. The number of carbonyl (C=O) groups is 1. The molecule has 0 aliphatic carbocycles. The van der Waals surface area contributed by atoms with Gasteiger partial charge in [-0.05, 0) is 60.5 Å². The predicted octanol–water partition coefficient (Wildman–Crippen LogP) is 3.77. The van der Waals surface area contributed by atoms with E-state index in [4.69, 9.17) is 22.1 Å². The van der Waals surface area contributed by atoms with E-state index in [2.05, 4.69) is 0 Å². The Kier molecular flexibility index (Phi) is 5.13. The van der Waals surface area contributed by atoms with Gasteiger partial charge in [-0.1, -0.05) is 41.4 Å². The largest absolute Gasteiger partial charge is 0.464 e. The van der Waals surface area contributed by atoms with E-state index in [0.717, 1.165) is 16.3 Å². The molecule has 0 spiro atoms. The van der Waals surface area contributed by atoms with Gasteiger partial charge in [-0.2, -0.15) is 0 Å². The van der Waals surface area contributed by atoms with Gasteiger partial charge in [-0.25, -0.2) is 8.42 Å². The fraction of sp³-hybridized carbons (Fsp3) is 0.150. The molecule has 0 saturated heterocycles. The van der Waals surface area contributed by atoms with E-state index in [1.165, 1.54) is 6.07 Å². The molecule has 0 saturated carbocycles. The molecule has 7 heteroatoms. The summed E-state index contributed by atoms with van der Waals surface area (Å²) in [5.41, 5.74) is 4.97. The van der Waals surface area contributed by atoms with E-state index < -0.39 is 21.2 Å². The summed E-state index contributed by atoms with van der Waals surface area (Å²) in [7, 11) is -4.12. The average Bonchev–Trinajstić information content (AvgIpc) is 2.58. The minimum absolute atomic E-state index is 0.0180. The summed E-state index contributed by atoms with van der Waals surface area (Å²) in [6.07, 6.45) is 0. The van der Waals surface area contributed by atoms with Crippen molar-refractivity contribution in [1.82, 2.24) is 0 Å². The highest BCUT2D eigenvalue weighted by Gasteiger charge is 2.35. The van der Waals surface area contributed by atoms with Crippen molar-refractivity contribution in [1.29, 1.82) is 0 Å². The van der Waals surface area contributed by atoms with Gasteiger partial charge in [-0.3, -0.25) is 4.79 Å². The van der Waals surface area contributed by atoms with Crippen molar-refractivity contribution in [3.05, 3.63) is 70.7 Å². The van der Waals surface area contributed by atoms with Crippen LogP contribution in [0.5, 0.6) is 5.75 Å². The number of sulfone groups is 1. The summed E-state index contributed by atoms with van der Waals surface area (Å²) in [6, 6.07) is 15.1. The maximum absolute atomic E-state index is 13.0. The lowest BCUT2D eigenvalue weighted by Gasteiger charge is -2.18. The van der Waals surface area contributed by atoms with Crippen molar-refractivity contribution >= 4 is 38.1 Å². The Morgan fingerprint density at radius 1 is 1.00 bits per heavy atom. The van der Waals surface area contributed by atoms with Gasteiger partial charge in [-0.15, -0.1) is 0 Å². The molecule has 5 nitrogen and oxygen atoms in total. The molecule has 27 heavy (non-hydrogen) atoms. The smallest absolute Gasteiger partial charge is 0.280 e. The molecule has 0 radical (unpaired) electrons. The third-order valence-electron chi connectivity index (χ3n) is 4.17. The van der Waals surface area contributed by atoms with Gasteiger partial charge in [0.05, 0.1) is 4.90 Å². The van der Waals surface area contributed by atoms with Crippen molar-refractivity contribution in [2.45, 2.75) is 24.2 Å². The minimum atomic E-state index is -4.12. The van der Waals surface area contributed by atoms with Crippen LogP contribution in [0.1, 0.15) is 11.1 Å². The zero-order valence-electron chi connectivity index (χ0n) is 14.8. The van der Waals surface area contributed by atoms with E-state index in [1.54, 1.807) is 55.5 Å². The molecule has 1 amide bonds. The summed E-state index contributed by atoms with van der Waals surface area (Å²) >= 11 is 5.97. The number of hydrogen-bond donors (Lipinski definition) is 1. The van der Waals surface area contributed by atoms with E-state index in [1.807, 2.05) is 6.92 Å². The number of aryl methyl sites for hydroxylation is 2. The second-order valence-electron chi connectivity index (χ2n) is 6.32. The first-order chi connectivity index (χ1) is 12.7. The molecule has 0 aromatic heterocycles. The first-order valence-electron chi connectivity index (χ1n) is 8.15. The van der Waals surface area contributed by atoms with Crippen LogP contribution in [0.15, 0.2) is 59.5 Å². The minimum Gasteiger partial charge on any atom is -0.464 e. The highest BCUT2D eigenvalue weighted by molar-refractivity contribution is 7.92. The molecule has 0 heterocycles. The van der Waals surface area contributed by atoms with Crippen LogP contribution in [0.4, 0.5) is 0 Å². The standard InChI is InChI=1S/C20H18ClNO4S/c1-12-3-8-18(13(2)9-12)27(24,25)20(19(22)23)26-17-7-5-14-10-16(21)6-4-15(14)11-17/h3-11,20H,1-2H3,(H2,22,23). The van der Waals surface area contributed by atoms with Crippen LogP contribution < -0.4 is 10.5 Å². The average molecular weight is 404 g/mol. The summed E-state index contributed by atoms with van der Waals surface area (Å²) < 4.78 is 31.5. The van der Waals surface area contributed by atoms with Gasteiger partial charge >= 0.3 is 0 Å². The fourth-order valence-electron chi connectivity index (χ4n) is 2.90. The van der Waals surface area contributed by atoms with E-state index in [9.17, 15) is 13.2 Å². The Morgan fingerprint density at radius 3 is 2.33 bits per heavy atom. The number of carbonyl (C=O) groups excluding carboxylic acids is 1. The highest BCUT2D eigenvalue weighted by Crippen LogP contribution is 2.27. The van der Waals surface area contributed by atoms with Gasteiger partial charge in [0.1, 0.15) is 5.75 Å². The number of primary amides is 1. The SMILES string of the molecule is Cc1ccc(S(=O)(=O)C(Oc2ccc3cc(Cl)ccc3c2)C(N)=O)c(C)c1. The lowest BCUT2D eigenvalue weighted by atomic mass is 10.1. The molecular weight excluding hydrogens is 386 g/mol. The monoisotopic (exact) mass is 403 g/mol. The maximum Gasteiger partial charge on any atom is 0.280 e. The number of ether oxygens (including phenoxy) is 1. The molecule has 1 unspecified atom stereocenters. The van der Waals surface area contributed by atoms with Crippen LogP contribution in [0.3, 0.4) is 0 Å². The Morgan fingerprint density at radius 2 is 1.67 bits per heavy atom. The van der Waals surface area contributed by atoms with Gasteiger partial charge in [0.25, 0.3) is 11.3 Å². The quantitative estimate of drug-likeness (QED) is 0.702. The Balaban J connectivity index is 2.01. The van der Waals surface area contributed by atoms with E-state index >= 15 is 0 Å². The molecule has 0 aliphatic rings. The molecule has 3 aromatic rings. The van der Waals surface area contributed by atoms with E-state index in [0.29, 0.717) is 10.6 Å². The molecule has 0 fully saturated rings. The first-order valence-corrected chi connectivity index (χ1v) is 10.1. The molecule has 3 rings (SSSR count). The van der Waals surface area contributed by atoms with Crippen LogP contribution in [-0.4, -0.2) is 19.8 Å². The Hall–Kier alpha value is -2.57. The number of fused-ring (bicyclic) bond motifs is 1. The Labute approximate surface area is 162 Å². The number of nitrogens with two attached hydrogens (primary N) is 1. The molecule has 140 valence electrons. The predicted molar refractivity (Wildman–Crippen MR) is 106 cm³/mol. The van der Waals surface area contributed by atoms with Gasteiger partial charge in [0.2, 0.25) is 9.84 Å². The third kappa shape index (κ3) is 3.91. The summed E-state index contributed by atoms with van der Waals surface area (Å²) in [4.78, 5) is 11.9. The van der Waals surface area contributed by atoms with E-state index in [-0.39, 0.29) is 10.6 Å². The van der Waals surface area contributed by atoms with Gasteiger partial charge in [0, 0.05) is 5.02 Å². The Bertz CT molecular complexity index is 1140. The normalized spacial score (nSPS) is 12.7. The van der Waals surface area contributed by atoms with Crippen LogP contribution in [0, 0.1) is 13.8 Å². The zero-order chi connectivity index (χ0) is 19.8. The summed E-state index contributed by atoms with van der Waals surface area (Å²) in [5, 5.41) is 2.25. The van der Waals surface area contributed by atoms with Crippen LogP contribution in [-0.2, 0) is 14.6 Å². The second-order valence-corrected chi connectivity index (χ2v) is 8.71. The van der Waals surface area contributed by atoms with Crippen LogP contribution in [0.25, 0.3) is 10.8 Å². The summed E-state index contributed by atoms with van der Waals surface area (Å²) in [6.45, 7) is 3.52. The van der Waals surface area contributed by atoms with Crippen molar-refractivity contribution in [2.75, 3.05) is 0 Å². The van der Waals surface area contributed by atoms with Crippen LogP contribution in [0.2, 0.25) is 5.02 Å². The van der Waals surface area contributed by atoms with Crippen molar-refractivity contribution < 1.29 is 17.9 Å². The summed E-state index contributed by atoms with van der Waals surface area (Å²) in [5.74, 6) is -0.854. The molecule has 0 aliphatic heterocycles. The number of halogens is 1. The number of benzene rings is 3. The molecule has 0 bridgehead atoms. The lowest BCUT2D eigenvalue weighted by molar-refractivity contribution is -0.121. The maximum atomic E-state index is 13.0. The van der Waals surface area contributed by atoms with Crippen molar-refractivity contribution in [3.63, 3.8) is 0 Å².